The van der Waals surface area contributed by atoms with Gasteiger partial charge in [-0.25, -0.2) is 0 Å². The molecule has 0 unspecified atom stereocenters. The minimum atomic E-state index is -0.481. The zero-order valence-electron chi connectivity index (χ0n) is 9.26. The molecule has 0 aliphatic heterocycles. The van der Waals surface area contributed by atoms with Crippen LogP contribution in [-0.2, 0) is 0 Å². The van der Waals surface area contributed by atoms with Gasteiger partial charge in [-0.15, -0.1) is 0 Å². The highest BCUT2D eigenvalue weighted by atomic mass is 127. The Bertz CT molecular complexity index is 602. The molecule has 0 radical (unpaired) electrons. The normalized spacial score (nSPS) is 10.1. The first-order valence-electron chi connectivity index (χ1n) is 5.13. The van der Waals surface area contributed by atoms with Crippen LogP contribution in [0.1, 0.15) is 0 Å². The molecule has 0 saturated heterocycles. The van der Waals surface area contributed by atoms with Gasteiger partial charge in [0.05, 0.1) is 4.92 Å². The second-order valence-electron chi connectivity index (χ2n) is 3.64. The molecule has 2 aromatic rings. The number of hydrogen-bond donors (Lipinski definition) is 2. The lowest BCUT2D eigenvalue weighted by Gasteiger charge is -2.08. The number of nitrogens with zero attached hydrogens (tertiary/aromatic N) is 1. The van der Waals surface area contributed by atoms with E-state index in [9.17, 15) is 10.1 Å². The fourth-order valence-corrected chi connectivity index (χ4v) is 2.13. The van der Waals surface area contributed by atoms with E-state index in [1.807, 2.05) is 24.3 Å². The largest absolute Gasteiger partial charge is 0.393 e. The minimum Gasteiger partial charge on any atom is -0.393 e. The summed E-state index contributed by atoms with van der Waals surface area (Å²) >= 11 is 2.18. The quantitative estimate of drug-likeness (QED) is 0.382. The third-order valence-electron chi connectivity index (χ3n) is 2.35. The van der Waals surface area contributed by atoms with E-state index in [0.29, 0.717) is 5.69 Å². The standard InChI is InChI=1S/C12H10IN3O2/c13-8-3-1-4-9(7-8)15-11-6-2-5-10(14)12(11)16(17)18/h1-7,15H,14H2. The summed E-state index contributed by atoms with van der Waals surface area (Å²) in [4.78, 5) is 10.5. The molecule has 2 aromatic carbocycles. The van der Waals surface area contributed by atoms with Crippen molar-refractivity contribution in [1.82, 2.24) is 0 Å². The van der Waals surface area contributed by atoms with Gasteiger partial charge in [0.2, 0.25) is 0 Å². The number of hydrogen-bond acceptors (Lipinski definition) is 4. The summed E-state index contributed by atoms with van der Waals surface area (Å²) in [6, 6.07) is 12.4. The van der Waals surface area contributed by atoms with Crippen molar-refractivity contribution in [2.75, 3.05) is 11.1 Å². The first-order valence-corrected chi connectivity index (χ1v) is 6.21. The monoisotopic (exact) mass is 355 g/mol. The smallest absolute Gasteiger partial charge is 0.315 e. The SMILES string of the molecule is Nc1cccc(Nc2cccc(I)c2)c1[N+](=O)[O-]. The maximum absolute atomic E-state index is 11.0. The van der Waals surface area contributed by atoms with Gasteiger partial charge in [0.25, 0.3) is 0 Å². The molecule has 0 amide bonds. The number of benzene rings is 2. The van der Waals surface area contributed by atoms with Gasteiger partial charge in [-0.3, -0.25) is 10.1 Å². The van der Waals surface area contributed by atoms with Crippen LogP contribution < -0.4 is 11.1 Å². The second-order valence-corrected chi connectivity index (χ2v) is 4.88. The molecular formula is C12H10IN3O2. The molecule has 0 spiro atoms. The average Bonchev–Trinajstić information content (AvgIpc) is 2.28. The Morgan fingerprint density at radius 3 is 2.61 bits per heavy atom. The molecule has 0 aromatic heterocycles. The first kappa shape index (κ1) is 12.6. The molecule has 0 atom stereocenters. The lowest BCUT2D eigenvalue weighted by molar-refractivity contribution is -0.383. The highest BCUT2D eigenvalue weighted by Gasteiger charge is 2.17. The minimum absolute atomic E-state index is 0.101. The van der Waals surface area contributed by atoms with Crippen LogP contribution in [0.2, 0.25) is 0 Å². The van der Waals surface area contributed by atoms with Gasteiger partial charge >= 0.3 is 5.69 Å². The average molecular weight is 355 g/mol. The van der Waals surface area contributed by atoms with Crippen LogP contribution in [0.15, 0.2) is 42.5 Å². The maximum atomic E-state index is 11.0. The Balaban J connectivity index is 2.40. The van der Waals surface area contributed by atoms with Crippen molar-refractivity contribution >= 4 is 45.3 Å². The summed E-state index contributed by atoms with van der Waals surface area (Å²) in [6.45, 7) is 0. The number of nitrogen functional groups attached to an aromatic ring is 1. The molecule has 0 heterocycles. The Morgan fingerprint density at radius 1 is 1.22 bits per heavy atom. The molecule has 2 rings (SSSR count). The molecule has 0 bridgehead atoms. The number of para-hydroxylation sites is 1. The summed E-state index contributed by atoms with van der Waals surface area (Å²) in [5.41, 5.74) is 6.85. The van der Waals surface area contributed by atoms with Gasteiger partial charge in [0, 0.05) is 9.26 Å². The van der Waals surface area contributed by atoms with Crippen molar-refractivity contribution in [2.45, 2.75) is 0 Å². The highest BCUT2D eigenvalue weighted by Crippen LogP contribution is 2.32. The van der Waals surface area contributed by atoms with Gasteiger partial charge in [-0.1, -0.05) is 12.1 Å². The van der Waals surface area contributed by atoms with E-state index in [-0.39, 0.29) is 11.4 Å². The number of nitrogens with one attached hydrogen (secondary N) is 1. The summed E-state index contributed by atoms with van der Waals surface area (Å²) in [7, 11) is 0. The lowest BCUT2D eigenvalue weighted by Crippen LogP contribution is -2.00. The van der Waals surface area contributed by atoms with Crippen molar-refractivity contribution < 1.29 is 4.92 Å². The Kier molecular flexibility index (Phi) is 3.66. The van der Waals surface area contributed by atoms with Crippen LogP contribution >= 0.6 is 22.6 Å². The maximum Gasteiger partial charge on any atom is 0.315 e. The number of nitrogens with two attached hydrogens (primary N) is 1. The third kappa shape index (κ3) is 2.70. The van der Waals surface area contributed by atoms with Crippen LogP contribution in [0.4, 0.5) is 22.7 Å². The Hall–Kier alpha value is -1.83. The van der Waals surface area contributed by atoms with E-state index in [0.717, 1.165) is 9.26 Å². The Morgan fingerprint density at radius 2 is 1.94 bits per heavy atom. The molecule has 0 fully saturated rings. The zero-order valence-corrected chi connectivity index (χ0v) is 11.4. The topological polar surface area (TPSA) is 81.2 Å². The predicted molar refractivity (Wildman–Crippen MR) is 80.0 cm³/mol. The van der Waals surface area contributed by atoms with Crippen LogP contribution in [0.5, 0.6) is 0 Å². The van der Waals surface area contributed by atoms with Crippen molar-refractivity contribution in [3.05, 3.63) is 56.1 Å². The number of nitro groups is 1. The molecule has 6 heteroatoms. The molecule has 0 aliphatic carbocycles. The van der Waals surface area contributed by atoms with E-state index in [1.165, 1.54) is 6.07 Å². The fraction of sp³-hybridized carbons (Fsp3) is 0. The predicted octanol–water partition coefficient (Wildman–Crippen LogP) is 3.53. The van der Waals surface area contributed by atoms with Gasteiger partial charge < -0.3 is 11.1 Å². The fourth-order valence-electron chi connectivity index (χ4n) is 1.59. The number of rotatable bonds is 3. The summed E-state index contributed by atoms with van der Waals surface area (Å²) in [5.74, 6) is 0. The van der Waals surface area contributed by atoms with E-state index >= 15 is 0 Å². The van der Waals surface area contributed by atoms with Crippen molar-refractivity contribution in [2.24, 2.45) is 0 Å². The van der Waals surface area contributed by atoms with Crippen LogP contribution in [0, 0.1) is 13.7 Å². The van der Waals surface area contributed by atoms with Gasteiger partial charge in [0.1, 0.15) is 11.4 Å². The molecule has 92 valence electrons. The molecular weight excluding hydrogens is 345 g/mol. The van der Waals surface area contributed by atoms with Gasteiger partial charge in [-0.2, -0.15) is 0 Å². The first-order chi connectivity index (χ1) is 8.58. The van der Waals surface area contributed by atoms with Crippen molar-refractivity contribution in [1.29, 1.82) is 0 Å². The van der Waals surface area contributed by atoms with Crippen molar-refractivity contribution in [3.63, 3.8) is 0 Å². The molecule has 0 saturated carbocycles. The van der Waals surface area contributed by atoms with E-state index in [1.54, 1.807) is 12.1 Å². The van der Waals surface area contributed by atoms with E-state index < -0.39 is 4.92 Å². The second kappa shape index (κ2) is 5.21. The van der Waals surface area contributed by atoms with Crippen LogP contribution in [0.25, 0.3) is 0 Å². The summed E-state index contributed by atoms with van der Waals surface area (Å²) < 4.78 is 1.05. The van der Waals surface area contributed by atoms with E-state index in [4.69, 9.17) is 5.73 Å². The zero-order chi connectivity index (χ0) is 13.1. The summed E-state index contributed by atoms with van der Waals surface area (Å²) in [5, 5.41) is 14.0. The van der Waals surface area contributed by atoms with Gasteiger partial charge in [-0.05, 0) is 52.9 Å². The number of anilines is 3. The highest BCUT2D eigenvalue weighted by molar-refractivity contribution is 14.1. The molecule has 0 aliphatic rings. The third-order valence-corrected chi connectivity index (χ3v) is 3.02. The van der Waals surface area contributed by atoms with Crippen molar-refractivity contribution in [3.8, 4) is 0 Å². The van der Waals surface area contributed by atoms with Crippen LogP contribution in [-0.4, -0.2) is 4.92 Å². The molecule has 3 N–H and O–H groups in total. The molecule has 18 heavy (non-hydrogen) atoms. The summed E-state index contributed by atoms with van der Waals surface area (Å²) in [6.07, 6.45) is 0. The number of nitro benzene ring substituents is 1. The lowest BCUT2D eigenvalue weighted by atomic mass is 10.2. The van der Waals surface area contributed by atoms with Crippen LogP contribution in [0.3, 0.4) is 0 Å². The number of halogens is 1. The van der Waals surface area contributed by atoms with E-state index in [2.05, 4.69) is 27.9 Å². The Labute approximate surface area is 117 Å². The van der Waals surface area contributed by atoms with Gasteiger partial charge in [0.15, 0.2) is 0 Å². The molecule has 5 nitrogen and oxygen atoms in total.